The molecule has 0 spiro atoms. The van der Waals surface area contributed by atoms with Crippen LogP contribution >= 0.6 is 0 Å². The van der Waals surface area contributed by atoms with Crippen LogP contribution in [-0.4, -0.2) is 11.9 Å². The molecule has 0 fully saturated rings. The molecule has 0 aliphatic heterocycles. The molecular formula is C9H16N2O. The molecule has 3 heteroatoms. The number of nitriles is 1. The number of nitrogens with one attached hydrogen (secondary N) is 1. The van der Waals surface area contributed by atoms with Crippen molar-refractivity contribution in [2.45, 2.75) is 39.7 Å². The lowest BCUT2D eigenvalue weighted by Gasteiger charge is -2.11. The van der Waals surface area contributed by atoms with Gasteiger partial charge in [0.25, 0.3) is 0 Å². The van der Waals surface area contributed by atoms with E-state index in [1.165, 1.54) is 0 Å². The zero-order valence-corrected chi connectivity index (χ0v) is 7.92. The highest BCUT2D eigenvalue weighted by molar-refractivity contribution is 5.76. The normalized spacial score (nSPS) is 12.2. The topological polar surface area (TPSA) is 52.9 Å². The zero-order chi connectivity index (χ0) is 9.56. The first-order chi connectivity index (χ1) is 5.56. The second kappa shape index (κ2) is 5.59. The van der Waals surface area contributed by atoms with Crippen LogP contribution in [-0.2, 0) is 4.79 Å². The molecule has 1 unspecified atom stereocenters. The van der Waals surface area contributed by atoms with Gasteiger partial charge in [-0.1, -0.05) is 13.8 Å². The fraction of sp³-hybridized carbons (Fsp3) is 0.778. The quantitative estimate of drug-likeness (QED) is 0.690. The van der Waals surface area contributed by atoms with Crippen molar-refractivity contribution in [2.24, 2.45) is 5.92 Å². The summed E-state index contributed by atoms with van der Waals surface area (Å²) in [5.41, 5.74) is 0. The summed E-state index contributed by atoms with van der Waals surface area (Å²) in [5.74, 6) is 0.409. The maximum atomic E-state index is 11.1. The molecule has 0 heterocycles. The minimum Gasteiger partial charge on any atom is -0.353 e. The van der Waals surface area contributed by atoms with Gasteiger partial charge in [-0.2, -0.15) is 5.26 Å². The number of amides is 1. The fourth-order valence-electron chi connectivity index (χ4n) is 0.893. The average Bonchev–Trinajstić information content (AvgIpc) is 1.84. The van der Waals surface area contributed by atoms with E-state index < -0.39 is 0 Å². The van der Waals surface area contributed by atoms with Crippen LogP contribution in [0.3, 0.4) is 0 Å². The number of nitrogens with zero attached hydrogens (tertiary/aromatic N) is 1. The van der Waals surface area contributed by atoms with E-state index in [-0.39, 0.29) is 11.9 Å². The van der Waals surface area contributed by atoms with Gasteiger partial charge in [0.15, 0.2) is 0 Å². The van der Waals surface area contributed by atoms with Crippen LogP contribution in [0, 0.1) is 17.2 Å². The van der Waals surface area contributed by atoms with Gasteiger partial charge in [0.2, 0.25) is 5.91 Å². The number of rotatable bonds is 4. The van der Waals surface area contributed by atoms with Gasteiger partial charge >= 0.3 is 0 Å². The van der Waals surface area contributed by atoms with Crippen LogP contribution in [0.1, 0.15) is 33.6 Å². The molecule has 0 radical (unpaired) electrons. The molecule has 1 N–H and O–H groups in total. The molecule has 0 aromatic carbocycles. The summed E-state index contributed by atoms with van der Waals surface area (Å²) >= 11 is 0. The van der Waals surface area contributed by atoms with E-state index >= 15 is 0 Å². The van der Waals surface area contributed by atoms with E-state index in [9.17, 15) is 4.79 Å². The van der Waals surface area contributed by atoms with E-state index in [0.717, 1.165) is 0 Å². The maximum Gasteiger partial charge on any atom is 0.220 e. The first-order valence-corrected chi connectivity index (χ1v) is 4.22. The molecule has 3 nitrogen and oxygen atoms in total. The van der Waals surface area contributed by atoms with E-state index in [0.29, 0.717) is 18.8 Å². The molecule has 0 aromatic rings. The number of hydrogen-bond acceptors (Lipinski definition) is 2. The molecular weight excluding hydrogens is 152 g/mol. The highest BCUT2D eigenvalue weighted by Gasteiger charge is 2.07. The second-order valence-electron chi connectivity index (χ2n) is 3.43. The monoisotopic (exact) mass is 168 g/mol. The lowest BCUT2D eigenvalue weighted by Crippen LogP contribution is -2.32. The Bertz CT molecular complexity index is 181. The van der Waals surface area contributed by atoms with Gasteiger partial charge in [-0.15, -0.1) is 0 Å². The first-order valence-electron chi connectivity index (χ1n) is 4.22. The Hall–Kier alpha value is -1.04. The summed E-state index contributed by atoms with van der Waals surface area (Å²) in [5, 5.41) is 11.1. The van der Waals surface area contributed by atoms with Gasteiger partial charge in [-0.3, -0.25) is 4.79 Å². The Kier molecular flexibility index (Phi) is 5.11. The molecule has 1 atom stereocenters. The van der Waals surface area contributed by atoms with E-state index in [4.69, 9.17) is 5.26 Å². The van der Waals surface area contributed by atoms with E-state index in [2.05, 4.69) is 5.32 Å². The molecule has 0 aliphatic rings. The molecule has 0 aromatic heterocycles. The van der Waals surface area contributed by atoms with E-state index in [1.807, 2.05) is 26.8 Å². The van der Waals surface area contributed by atoms with Gasteiger partial charge < -0.3 is 5.32 Å². The van der Waals surface area contributed by atoms with Crippen molar-refractivity contribution in [3.05, 3.63) is 0 Å². The lowest BCUT2D eigenvalue weighted by molar-refractivity contribution is -0.122. The van der Waals surface area contributed by atoms with Crippen molar-refractivity contribution < 1.29 is 4.79 Å². The Morgan fingerprint density at radius 2 is 2.08 bits per heavy atom. The van der Waals surface area contributed by atoms with Crippen molar-refractivity contribution in [3.63, 3.8) is 0 Å². The second-order valence-corrected chi connectivity index (χ2v) is 3.43. The Morgan fingerprint density at radius 1 is 1.50 bits per heavy atom. The Balaban J connectivity index is 3.63. The van der Waals surface area contributed by atoms with Crippen LogP contribution in [0.4, 0.5) is 0 Å². The molecule has 0 rings (SSSR count). The fourth-order valence-corrected chi connectivity index (χ4v) is 0.893. The third-order valence-corrected chi connectivity index (χ3v) is 1.40. The smallest absolute Gasteiger partial charge is 0.220 e. The summed E-state index contributed by atoms with van der Waals surface area (Å²) in [4.78, 5) is 11.1. The summed E-state index contributed by atoms with van der Waals surface area (Å²) in [6.07, 6.45) is 0.916. The van der Waals surface area contributed by atoms with Gasteiger partial charge in [-0.05, 0) is 12.8 Å². The van der Waals surface area contributed by atoms with Crippen LogP contribution in [0.5, 0.6) is 0 Å². The van der Waals surface area contributed by atoms with E-state index in [1.54, 1.807) is 0 Å². The largest absolute Gasteiger partial charge is 0.353 e. The molecule has 1 amide bonds. The van der Waals surface area contributed by atoms with Crippen molar-refractivity contribution in [1.29, 1.82) is 5.26 Å². The summed E-state index contributed by atoms with van der Waals surface area (Å²) in [6, 6.07) is 1.98. The molecule has 0 bridgehead atoms. The van der Waals surface area contributed by atoms with Gasteiger partial charge in [-0.25, -0.2) is 0 Å². The molecule has 68 valence electrons. The highest BCUT2D eigenvalue weighted by atomic mass is 16.1. The molecule has 0 saturated carbocycles. The summed E-state index contributed by atoms with van der Waals surface area (Å²) < 4.78 is 0. The number of carbonyl (C=O) groups is 1. The summed E-state index contributed by atoms with van der Waals surface area (Å²) in [6.45, 7) is 5.82. The highest BCUT2D eigenvalue weighted by Crippen LogP contribution is 1.99. The van der Waals surface area contributed by atoms with Gasteiger partial charge in [0.05, 0.1) is 12.5 Å². The predicted octanol–water partition coefficient (Wildman–Crippen LogP) is 1.45. The molecule has 12 heavy (non-hydrogen) atoms. The third kappa shape index (κ3) is 5.72. The summed E-state index contributed by atoms with van der Waals surface area (Å²) in [7, 11) is 0. The lowest BCUT2D eigenvalue weighted by atomic mass is 10.1. The minimum atomic E-state index is -0.0266. The Morgan fingerprint density at radius 3 is 2.50 bits per heavy atom. The average molecular weight is 168 g/mol. The van der Waals surface area contributed by atoms with Crippen LogP contribution < -0.4 is 5.32 Å². The predicted molar refractivity (Wildman–Crippen MR) is 47.3 cm³/mol. The van der Waals surface area contributed by atoms with Gasteiger partial charge in [0.1, 0.15) is 0 Å². The standard InChI is InChI=1S/C9H16N2O/c1-7(2)6-9(12)11-8(3)4-5-10/h7-8H,4,6H2,1-3H3,(H,11,12). The maximum absolute atomic E-state index is 11.1. The first kappa shape index (κ1) is 11.0. The SMILES string of the molecule is CC(C)CC(=O)NC(C)CC#N. The van der Waals surface area contributed by atoms with Crippen LogP contribution in [0.15, 0.2) is 0 Å². The molecule has 0 aliphatic carbocycles. The third-order valence-electron chi connectivity index (χ3n) is 1.40. The minimum absolute atomic E-state index is 0.0266. The van der Waals surface area contributed by atoms with Crippen LogP contribution in [0.25, 0.3) is 0 Å². The number of carbonyl (C=O) groups excluding carboxylic acids is 1. The van der Waals surface area contributed by atoms with Crippen LogP contribution in [0.2, 0.25) is 0 Å². The van der Waals surface area contributed by atoms with Crippen molar-refractivity contribution in [1.82, 2.24) is 5.32 Å². The molecule has 0 saturated heterocycles. The van der Waals surface area contributed by atoms with Gasteiger partial charge in [0, 0.05) is 12.5 Å². The van der Waals surface area contributed by atoms with Crippen molar-refractivity contribution >= 4 is 5.91 Å². The Labute approximate surface area is 73.8 Å². The van der Waals surface area contributed by atoms with Crippen molar-refractivity contribution in [3.8, 4) is 6.07 Å². The van der Waals surface area contributed by atoms with Crippen molar-refractivity contribution in [2.75, 3.05) is 0 Å². The zero-order valence-electron chi connectivity index (χ0n) is 7.92. The number of hydrogen-bond donors (Lipinski definition) is 1.